The number of nitrogens with zero attached hydrogens (tertiary/aromatic N) is 1. The molecule has 0 bridgehead atoms. The molecule has 0 aromatic carbocycles. The van der Waals surface area contributed by atoms with Gasteiger partial charge in [-0.2, -0.15) is 0 Å². The third-order valence-corrected chi connectivity index (χ3v) is 3.19. The minimum atomic E-state index is 0. The van der Waals surface area contributed by atoms with Crippen molar-refractivity contribution in [2.75, 3.05) is 39.8 Å². The van der Waals surface area contributed by atoms with Crippen molar-refractivity contribution >= 4 is 18.3 Å². The lowest BCUT2D eigenvalue weighted by molar-refractivity contribution is -0.120. The molecular formula is C12H26ClN3O. The molecule has 1 fully saturated rings. The van der Waals surface area contributed by atoms with Gasteiger partial charge in [0.15, 0.2) is 0 Å². The average Bonchev–Trinajstić information content (AvgIpc) is 2.27. The second kappa shape index (κ2) is 9.68. The minimum Gasteiger partial charge on any atom is -0.355 e. The van der Waals surface area contributed by atoms with Gasteiger partial charge in [0.2, 0.25) is 5.91 Å². The van der Waals surface area contributed by atoms with Crippen molar-refractivity contribution in [2.45, 2.75) is 26.2 Å². The highest BCUT2D eigenvalue weighted by Crippen LogP contribution is 2.15. The second-order valence-electron chi connectivity index (χ2n) is 4.76. The smallest absolute Gasteiger partial charge is 0.233 e. The van der Waals surface area contributed by atoms with Crippen LogP contribution in [0.4, 0.5) is 0 Å². The summed E-state index contributed by atoms with van der Waals surface area (Å²) < 4.78 is 0. The van der Waals surface area contributed by atoms with Gasteiger partial charge < -0.3 is 15.5 Å². The number of piperidine rings is 1. The molecule has 0 unspecified atom stereocenters. The summed E-state index contributed by atoms with van der Waals surface area (Å²) in [4.78, 5) is 13.7. The van der Waals surface area contributed by atoms with Crippen molar-refractivity contribution in [1.82, 2.24) is 15.5 Å². The highest BCUT2D eigenvalue weighted by atomic mass is 35.5. The Balaban J connectivity index is 0.00000256. The Hall–Kier alpha value is -0.320. The molecule has 1 amide bonds. The van der Waals surface area contributed by atoms with E-state index in [2.05, 4.69) is 22.5 Å². The Kier molecular flexibility index (Phi) is 9.50. The molecule has 2 N–H and O–H groups in total. The molecule has 1 saturated heterocycles. The lowest BCUT2D eigenvalue weighted by Crippen LogP contribution is -2.37. The maximum Gasteiger partial charge on any atom is 0.233 e. The van der Waals surface area contributed by atoms with Gasteiger partial charge in [0.25, 0.3) is 0 Å². The van der Waals surface area contributed by atoms with E-state index in [1.807, 2.05) is 0 Å². The van der Waals surface area contributed by atoms with E-state index >= 15 is 0 Å². The Labute approximate surface area is 111 Å². The second-order valence-corrected chi connectivity index (χ2v) is 4.76. The normalized spacial score (nSPS) is 17.5. The number of halogens is 1. The molecular weight excluding hydrogens is 238 g/mol. The van der Waals surface area contributed by atoms with Gasteiger partial charge in [-0.05, 0) is 51.9 Å². The first-order valence-electron chi connectivity index (χ1n) is 6.36. The maximum absolute atomic E-state index is 11.1. The molecule has 102 valence electrons. The van der Waals surface area contributed by atoms with Crippen LogP contribution < -0.4 is 10.6 Å². The molecule has 0 saturated carbocycles. The third kappa shape index (κ3) is 7.58. The van der Waals surface area contributed by atoms with Gasteiger partial charge >= 0.3 is 0 Å². The fraction of sp³-hybridized carbons (Fsp3) is 0.917. The molecule has 1 aliphatic heterocycles. The summed E-state index contributed by atoms with van der Waals surface area (Å²) >= 11 is 0. The van der Waals surface area contributed by atoms with E-state index in [9.17, 15) is 4.79 Å². The topological polar surface area (TPSA) is 44.4 Å². The van der Waals surface area contributed by atoms with E-state index < -0.39 is 0 Å². The Morgan fingerprint density at radius 1 is 1.35 bits per heavy atom. The highest BCUT2D eigenvalue weighted by Gasteiger charge is 2.14. The number of likely N-dealkylation sites (N-methyl/N-ethyl adjacent to an activating group) is 1. The van der Waals surface area contributed by atoms with Crippen molar-refractivity contribution in [1.29, 1.82) is 0 Å². The summed E-state index contributed by atoms with van der Waals surface area (Å²) in [6, 6.07) is 0. The number of hydrogen-bond donors (Lipinski definition) is 2. The average molecular weight is 264 g/mol. The van der Waals surface area contributed by atoms with Gasteiger partial charge in [-0.15, -0.1) is 12.4 Å². The van der Waals surface area contributed by atoms with Crippen molar-refractivity contribution in [3.63, 3.8) is 0 Å². The summed E-state index contributed by atoms with van der Waals surface area (Å²) in [6.07, 6.45) is 3.71. The monoisotopic (exact) mass is 263 g/mol. The van der Waals surface area contributed by atoms with Crippen LogP contribution >= 0.6 is 12.4 Å². The van der Waals surface area contributed by atoms with E-state index in [1.165, 1.54) is 25.9 Å². The summed E-state index contributed by atoms with van der Waals surface area (Å²) in [5, 5.41) is 5.74. The van der Waals surface area contributed by atoms with E-state index in [0.29, 0.717) is 6.54 Å². The van der Waals surface area contributed by atoms with Crippen LogP contribution in [0.25, 0.3) is 0 Å². The molecule has 0 aliphatic carbocycles. The zero-order chi connectivity index (χ0) is 11.8. The first-order valence-corrected chi connectivity index (χ1v) is 6.36. The fourth-order valence-corrected chi connectivity index (χ4v) is 2.04. The van der Waals surface area contributed by atoms with Crippen LogP contribution in [0.1, 0.15) is 26.2 Å². The number of likely N-dealkylation sites (tertiary alicyclic amines) is 1. The number of carbonyl (C=O) groups excluding carboxylic acids is 1. The van der Waals surface area contributed by atoms with E-state index in [1.54, 1.807) is 7.05 Å². The van der Waals surface area contributed by atoms with Gasteiger partial charge in [-0.3, -0.25) is 4.79 Å². The largest absolute Gasteiger partial charge is 0.355 e. The summed E-state index contributed by atoms with van der Waals surface area (Å²) in [5.74, 6) is 0.987. The van der Waals surface area contributed by atoms with E-state index in [4.69, 9.17) is 0 Å². The van der Waals surface area contributed by atoms with Crippen molar-refractivity contribution < 1.29 is 4.79 Å². The predicted octanol–water partition coefficient (Wildman–Crippen LogP) is 0.866. The quantitative estimate of drug-likeness (QED) is 0.699. The zero-order valence-corrected chi connectivity index (χ0v) is 11.8. The molecule has 0 atom stereocenters. The van der Waals surface area contributed by atoms with Crippen LogP contribution in [0.5, 0.6) is 0 Å². The van der Waals surface area contributed by atoms with Gasteiger partial charge in [-0.1, -0.05) is 6.92 Å². The van der Waals surface area contributed by atoms with Gasteiger partial charge in [0.1, 0.15) is 0 Å². The molecule has 0 aromatic heterocycles. The number of hydrogen-bond acceptors (Lipinski definition) is 3. The van der Waals surface area contributed by atoms with Crippen LogP contribution in [-0.4, -0.2) is 50.6 Å². The third-order valence-electron chi connectivity index (χ3n) is 3.19. The summed E-state index contributed by atoms with van der Waals surface area (Å²) in [5.41, 5.74) is 0. The lowest BCUT2D eigenvalue weighted by Gasteiger charge is -2.30. The Morgan fingerprint density at radius 3 is 2.59 bits per heavy atom. The van der Waals surface area contributed by atoms with Gasteiger partial charge in [0, 0.05) is 6.54 Å². The highest BCUT2D eigenvalue weighted by molar-refractivity contribution is 5.85. The first kappa shape index (κ1) is 16.7. The zero-order valence-electron chi connectivity index (χ0n) is 11.0. The molecule has 5 heteroatoms. The Bertz CT molecular complexity index is 206. The maximum atomic E-state index is 11.1. The van der Waals surface area contributed by atoms with Crippen LogP contribution in [0.15, 0.2) is 0 Å². The molecule has 17 heavy (non-hydrogen) atoms. The molecule has 1 heterocycles. The molecule has 4 nitrogen and oxygen atoms in total. The number of rotatable bonds is 6. The Morgan fingerprint density at radius 2 is 2.00 bits per heavy atom. The minimum absolute atomic E-state index is 0. The lowest BCUT2D eigenvalue weighted by atomic mass is 9.99. The SMILES string of the molecule is CNCC(=O)NCCCN1CCC(C)CC1.Cl. The predicted molar refractivity (Wildman–Crippen MR) is 73.6 cm³/mol. The molecule has 0 aromatic rings. The molecule has 1 rings (SSSR count). The van der Waals surface area contributed by atoms with Gasteiger partial charge in [-0.25, -0.2) is 0 Å². The van der Waals surface area contributed by atoms with Crippen molar-refractivity contribution in [3.05, 3.63) is 0 Å². The van der Waals surface area contributed by atoms with Crippen LogP contribution in [0.2, 0.25) is 0 Å². The number of carbonyl (C=O) groups is 1. The molecule has 1 aliphatic rings. The number of nitrogens with one attached hydrogen (secondary N) is 2. The summed E-state index contributed by atoms with van der Waals surface area (Å²) in [6.45, 7) is 7.12. The van der Waals surface area contributed by atoms with Crippen LogP contribution in [0.3, 0.4) is 0 Å². The first-order chi connectivity index (χ1) is 7.72. The summed E-state index contributed by atoms with van der Waals surface area (Å²) in [7, 11) is 1.79. The van der Waals surface area contributed by atoms with E-state index in [0.717, 1.165) is 25.4 Å². The van der Waals surface area contributed by atoms with E-state index in [-0.39, 0.29) is 18.3 Å². The fourth-order valence-electron chi connectivity index (χ4n) is 2.04. The van der Waals surface area contributed by atoms with Crippen LogP contribution in [0, 0.1) is 5.92 Å². The van der Waals surface area contributed by atoms with Crippen molar-refractivity contribution in [2.24, 2.45) is 5.92 Å². The standard InChI is InChI=1S/C12H25N3O.ClH/c1-11-4-8-15(9-5-11)7-3-6-14-12(16)10-13-2;/h11,13H,3-10H2,1-2H3,(H,14,16);1H. The van der Waals surface area contributed by atoms with Crippen molar-refractivity contribution in [3.8, 4) is 0 Å². The number of amides is 1. The molecule has 0 radical (unpaired) electrons. The van der Waals surface area contributed by atoms with Gasteiger partial charge in [0.05, 0.1) is 6.54 Å². The van der Waals surface area contributed by atoms with Crippen LogP contribution in [-0.2, 0) is 4.79 Å². The molecule has 0 spiro atoms.